The van der Waals surface area contributed by atoms with E-state index in [1.165, 1.54) is 40.5 Å². The van der Waals surface area contributed by atoms with Gasteiger partial charge in [0.25, 0.3) is 5.91 Å². The topological polar surface area (TPSA) is 104 Å². The van der Waals surface area contributed by atoms with Gasteiger partial charge in [-0.05, 0) is 49.7 Å². The summed E-state index contributed by atoms with van der Waals surface area (Å²) < 4.78 is 37.8. The minimum Gasteiger partial charge on any atom is -0.291 e. The molecule has 1 aliphatic heterocycles. The van der Waals surface area contributed by atoms with E-state index in [1.807, 2.05) is 0 Å². The zero-order valence-electron chi connectivity index (χ0n) is 16.3. The summed E-state index contributed by atoms with van der Waals surface area (Å²) in [6.07, 6.45) is 1.48. The first-order valence-corrected chi connectivity index (χ1v) is 11.7. The maximum Gasteiger partial charge on any atom is 0.332 e. The van der Waals surface area contributed by atoms with Crippen LogP contribution in [-0.2, 0) is 21.2 Å². The first-order chi connectivity index (χ1) is 14.1. The average molecular weight is 454 g/mol. The fourth-order valence-electron chi connectivity index (χ4n) is 3.05. The molecule has 0 aliphatic carbocycles. The summed E-state index contributed by atoms with van der Waals surface area (Å²) in [5.74, 6) is -1.36. The molecule has 1 aromatic heterocycles. The van der Waals surface area contributed by atoms with E-state index >= 15 is 0 Å². The highest BCUT2D eigenvalue weighted by atomic mass is 32.2. The number of hydrogen-bond acceptors (Lipinski definition) is 6. The SMILES string of the molecule is CC1C(=O)N(CC(=O)c2ccc(CCNS(C)(=O)=O)s2)C(=O)N1c1ccc(F)cc1. The highest BCUT2D eigenvalue weighted by molar-refractivity contribution is 7.88. The number of anilines is 1. The number of nitrogens with one attached hydrogen (secondary N) is 1. The van der Waals surface area contributed by atoms with Crippen LogP contribution in [0.25, 0.3) is 0 Å². The van der Waals surface area contributed by atoms with Crippen molar-refractivity contribution in [1.29, 1.82) is 0 Å². The van der Waals surface area contributed by atoms with Crippen LogP contribution in [0.15, 0.2) is 36.4 Å². The zero-order chi connectivity index (χ0) is 22.1. The Morgan fingerprint density at radius 1 is 1.17 bits per heavy atom. The van der Waals surface area contributed by atoms with Crippen molar-refractivity contribution >= 4 is 44.8 Å². The van der Waals surface area contributed by atoms with E-state index in [1.54, 1.807) is 19.1 Å². The number of carbonyl (C=O) groups excluding carboxylic acids is 3. The van der Waals surface area contributed by atoms with E-state index in [9.17, 15) is 27.2 Å². The van der Waals surface area contributed by atoms with Gasteiger partial charge in [0.2, 0.25) is 10.0 Å². The van der Waals surface area contributed by atoms with E-state index in [-0.39, 0.29) is 6.54 Å². The minimum absolute atomic E-state index is 0.209. The number of Topliss-reactive ketones (excluding diaryl/α,β-unsaturated/α-hetero) is 1. The van der Waals surface area contributed by atoms with E-state index in [0.29, 0.717) is 17.0 Å². The van der Waals surface area contributed by atoms with Gasteiger partial charge >= 0.3 is 6.03 Å². The van der Waals surface area contributed by atoms with Gasteiger partial charge in [0.15, 0.2) is 5.78 Å². The molecule has 1 saturated heterocycles. The molecular formula is C19H20FN3O5S2. The van der Waals surface area contributed by atoms with Crippen LogP contribution in [0.4, 0.5) is 14.9 Å². The molecule has 0 spiro atoms. The summed E-state index contributed by atoms with van der Waals surface area (Å²) in [7, 11) is -3.29. The number of ketones is 1. The number of halogens is 1. The summed E-state index contributed by atoms with van der Waals surface area (Å²) in [4.78, 5) is 41.2. The van der Waals surface area contributed by atoms with Crippen molar-refractivity contribution in [2.75, 3.05) is 24.2 Å². The Balaban J connectivity index is 1.67. The predicted molar refractivity (Wildman–Crippen MR) is 111 cm³/mol. The zero-order valence-corrected chi connectivity index (χ0v) is 17.9. The maximum atomic E-state index is 13.2. The highest BCUT2D eigenvalue weighted by Crippen LogP contribution is 2.27. The molecule has 1 aromatic carbocycles. The van der Waals surface area contributed by atoms with Crippen molar-refractivity contribution < 1.29 is 27.2 Å². The molecule has 1 fully saturated rings. The van der Waals surface area contributed by atoms with Crippen LogP contribution < -0.4 is 9.62 Å². The molecule has 0 radical (unpaired) electrons. The second-order valence-electron chi connectivity index (χ2n) is 6.83. The number of benzene rings is 1. The number of hydrogen-bond donors (Lipinski definition) is 1. The van der Waals surface area contributed by atoms with Gasteiger partial charge in [-0.25, -0.2) is 22.3 Å². The first kappa shape index (κ1) is 22.1. The standard InChI is InChI=1S/C19H20FN3O5S2/c1-12-18(25)22(19(26)23(12)14-5-3-13(20)4-6-14)11-16(24)17-8-7-15(29-17)9-10-21-30(2,27)28/h3-8,12,21H,9-11H2,1-2H3. The lowest BCUT2D eigenvalue weighted by Crippen LogP contribution is -2.36. The van der Waals surface area contributed by atoms with Crippen LogP contribution >= 0.6 is 11.3 Å². The van der Waals surface area contributed by atoms with Crippen molar-refractivity contribution in [2.24, 2.45) is 0 Å². The summed E-state index contributed by atoms with van der Waals surface area (Å²) in [6.45, 7) is 1.35. The molecular weight excluding hydrogens is 433 g/mol. The van der Waals surface area contributed by atoms with Gasteiger partial charge in [0.05, 0.1) is 17.7 Å². The monoisotopic (exact) mass is 453 g/mol. The third-order valence-corrected chi connectivity index (χ3v) is 6.44. The number of nitrogens with zero attached hydrogens (tertiary/aromatic N) is 2. The van der Waals surface area contributed by atoms with E-state index in [2.05, 4.69) is 4.72 Å². The minimum atomic E-state index is -3.29. The predicted octanol–water partition coefficient (Wildman–Crippen LogP) is 2.02. The van der Waals surface area contributed by atoms with Gasteiger partial charge in [-0.15, -0.1) is 11.3 Å². The summed E-state index contributed by atoms with van der Waals surface area (Å²) in [5, 5.41) is 0. The van der Waals surface area contributed by atoms with Crippen LogP contribution in [0, 0.1) is 5.82 Å². The summed E-state index contributed by atoms with van der Waals surface area (Å²) in [6, 6.07) is 7.05. The third-order valence-electron chi connectivity index (χ3n) is 4.53. The quantitative estimate of drug-likeness (QED) is 0.487. The third kappa shape index (κ3) is 4.91. The Bertz CT molecular complexity index is 1080. The van der Waals surface area contributed by atoms with Crippen LogP contribution in [-0.4, -0.2) is 56.4 Å². The van der Waals surface area contributed by atoms with Crippen LogP contribution in [0.2, 0.25) is 0 Å². The van der Waals surface area contributed by atoms with Crippen molar-refractivity contribution in [3.63, 3.8) is 0 Å². The summed E-state index contributed by atoms with van der Waals surface area (Å²) in [5.41, 5.74) is 0.369. The molecule has 0 bridgehead atoms. The Hall–Kier alpha value is -2.63. The van der Waals surface area contributed by atoms with Gasteiger partial charge in [0, 0.05) is 17.1 Å². The van der Waals surface area contributed by atoms with Crippen molar-refractivity contribution in [3.05, 3.63) is 52.0 Å². The lowest BCUT2D eigenvalue weighted by Gasteiger charge is -2.19. The molecule has 8 nitrogen and oxygen atoms in total. The Kier molecular flexibility index (Phi) is 6.34. The van der Waals surface area contributed by atoms with Crippen LogP contribution in [0.3, 0.4) is 0 Å². The molecule has 1 unspecified atom stereocenters. The Morgan fingerprint density at radius 2 is 1.83 bits per heavy atom. The highest BCUT2D eigenvalue weighted by Gasteiger charge is 2.44. The number of sulfonamides is 1. The van der Waals surface area contributed by atoms with Gasteiger partial charge < -0.3 is 0 Å². The number of rotatable bonds is 8. The molecule has 3 rings (SSSR count). The van der Waals surface area contributed by atoms with Gasteiger partial charge in [-0.1, -0.05) is 0 Å². The van der Waals surface area contributed by atoms with Gasteiger partial charge in [-0.3, -0.25) is 19.4 Å². The average Bonchev–Trinajstić information content (AvgIpc) is 3.21. The molecule has 30 heavy (non-hydrogen) atoms. The van der Waals surface area contributed by atoms with Crippen molar-refractivity contribution in [1.82, 2.24) is 9.62 Å². The number of amides is 3. The molecule has 0 saturated carbocycles. The van der Waals surface area contributed by atoms with Gasteiger partial charge in [-0.2, -0.15) is 0 Å². The number of urea groups is 1. The number of carbonyl (C=O) groups is 3. The Morgan fingerprint density at radius 3 is 2.47 bits per heavy atom. The summed E-state index contributed by atoms with van der Waals surface area (Å²) >= 11 is 1.19. The van der Waals surface area contributed by atoms with Crippen LogP contribution in [0.5, 0.6) is 0 Å². The normalized spacial score (nSPS) is 17.1. The Labute approximate surface area is 177 Å². The van der Waals surface area contributed by atoms with E-state index in [4.69, 9.17) is 0 Å². The molecule has 1 N–H and O–H groups in total. The number of thiophene rings is 1. The largest absolute Gasteiger partial charge is 0.332 e. The van der Waals surface area contributed by atoms with Crippen LogP contribution in [0.1, 0.15) is 21.5 Å². The fraction of sp³-hybridized carbons (Fsp3) is 0.316. The molecule has 11 heteroatoms. The molecule has 2 aromatic rings. The lowest BCUT2D eigenvalue weighted by molar-refractivity contribution is -0.126. The first-order valence-electron chi connectivity index (χ1n) is 9.03. The van der Waals surface area contributed by atoms with Gasteiger partial charge in [0.1, 0.15) is 11.9 Å². The lowest BCUT2D eigenvalue weighted by atomic mass is 10.2. The smallest absolute Gasteiger partial charge is 0.291 e. The second-order valence-corrected chi connectivity index (χ2v) is 9.84. The molecule has 2 heterocycles. The van der Waals surface area contributed by atoms with E-state index < -0.39 is 46.1 Å². The number of imide groups is 1. The molecule has 3 amide bonds. The maximum absolute atomic E-state index is 13.2. The van der Waals surface area contributed by atoms with E-state index in [0.717, 1.165) is 16.0 Å². The fourth-order valence-corrected chi connectivity index (χ4v) is 4.46. The molecule has 1 aliphatic rings. The molecule has 160 valence electrons. The molecule has 1 atom stereocenters. The van der Waals surface area contributed by atoms with Crippen molar-refractivity contribution in [2.45, 2.75) is 19.4 Å². The van der Waals surface area contributed by atoms with Crippen molar-refractivity contribution in [3.8, 4) is 0 Å². The second kappa shape index (κ2) is 8.62.